The summed E-state index contributed by atoms with van der Waals surface area (Å²) in [6.45, 7) is 0. The van der Waals surface area contributed by atoms with Gasteiger partial charge in [-0.2, -0.15) is 0 Å². The van der Waals surface area contributed by atoms with Crippen molar-refractivity contribution in [2.24, 2.45) is 5.73 Å². The Morgan fingerprint density at radius 2 is 1.57 bits per heavy atom. The Hall–Kier alpha value is 0.0500. The lowest BCUT2D eigenvalue weighted by Crippen LogP contribution is -2.43. The molecule has 0 unspecified atom stereocenters. The Kier molecular flexibility index (Phi) is 3.70. The quantitative estimate of drug-likeness (QED) is 0.809. The highest BCUT2D eigenvalue weighted by Gasteiger charge is 2.34. The second kappa shape index (κ2) is 4.28. The molecular formula is C10H12Cl3N. The summed E-state index contributed by atoms with van der Waals surface area (Å²) in [5.74, 6) is 0. The third-order valence-electron chi connectivity index (χ3n) is 2.68. The average molecular weight is 253 g/mol. The first-order valence-electron chi connectivity index (χ1n) is 4.36. The van der Waals surface area contributed by atoms with Crippen molar-refractivity contribution < 1.29 is 0 Å². The van der Waals surface area contributed by atoms with Crippen LogP contribution in [0, 0.1) is 0 Å². The lowest BCUT2D eigenvalue weighted by atomic mass is 9.73. The lowest BCUT2D eigenvalue weighted by Gasteiger charge is -2.38. The molecule has 0 aromatic heterocycles. The van der Waals surface area contributed by atoms with Crippen molar-refractivity contribution in [1.82, 2.24) is 0 Å². The van der Waals surface area contributed by atoms with Crippen LogP contribution in [-0.2, 0) is 5.54 Å². The normalized spacial score (nSPS) is 18.2. The van der Waals surface area contributed by atoms with Gasteiger partial charge in [0.2, 0.25) is 0 Å². The third-order valence-corrected chi connectivity index (χ3v) is 3.12. The van der Waals surface area contributed by atoms with E-state index in [0.29, 0.717) is 10.0 Å². The average Bonchev–Trinajstić information content (AvgIpc) is 1.98. The van der Waals surface area contributed by atoms with Crippen LogP contribution < -0.4 is 5.73 Å². The largest absolute Gasteiger partial charge is 0.321 e. The maximum atomic E-state index is 6.14. The standard InChI is InChI=1S/C10H11Cl2N.ClH/c11-8-4-7(5-9(12)6-8)10(13)2-1-3-10;/h4-6H,1-3,13H2;1H. The van der Waals surface area contributed by atoms with Gasteiger partial charge in [0.05, 0.1) is 0 Å². The SMILES string of the molecule is Cl.NC1(c2cc(Cl)cc(Cl)c2)CCC1. The van der Waals surface area contributed by atoms with E-state index in [1.165, 1.54) is 6.42 Å². The summed E-state index contributed by atoms with van der Waals surface area (Å²) in [7, 11) is 0. The van der Waals surface area contributed by atoms with E-state index in [1.807, 2.05) is 12.1 Å². The molecule has 1 aliphatic carbocycles. The summed E-state index contributed by atoms with van der Waals surface area (Å²) in [5.41, 5.74) is 7.04. The van der Waals surface area contributed by atoms with Crippen molar-refractivity contribution in [2.75, 3.05) is 0 Å². The van der Waals surface area contributed by atoms with Crippen molar-refractivity contribution in [2.45, 2.75) is 24.8 Å². The van der Waals surface area contributed by atoms with Crippen LogP contribution in [-0.4, -0.2) is 0 Å². The molecule has 0 bridgehead atoms. The maximum absolute atomic E-state index is 6.14. The highest BCUT2D eigenvalue weighted by molar-refractivity contribution is 6.34. The van der Waals surface area contributed by atoms with Crippen molar-refractivity contribution in [3.63, 3.8) is 0 Å². The Bertz CT molecular complexity index is 314. The Morgan fingerprint density at radius 1 is 1.07 bits per heavy atom. The molecule has 0 amide bonds. The van der Waals surface area contributed by atoms with E-state index < -0.39 is 0 Å². The van der Waals surface area contributed by atoms with Gasteiger partial charge in [0.25, 0.3) is 0 Å². The molecule has 0 radical (unpaired) electrons. The summed E-state index contributed by atoms with van der Waals surface area (Å²) in [6, 6.07) is 5.55. The second-order valence-electron chi connectivity index (χ2n) is 3.67. The van der Waals surface area contributed by atoms with E-state index in [4.69, 9.17) is 28.9 Å². The first-order chi connectivity index (χ1) is 6.10. The smallest absolute Gasteiger partial charge is 0.0424 e. The summed E-state index contributed by atoms with van der Waals surface area (Å²) < 4.78 is 0. The maximum Gasteiger partial charge on any atom is 0.0424 e. The van der Waals surface area contributed by atoms with Crippen LogP contribution >= 0.6 is 35.6 Å². The zero-order valence-electron chi connectivity index (χ0n) is 7.59. The minimum absolute atomic E-state index is 0. The topological polar surface area (TPSA) is 26.0 Å². The summed E-state index contributed by atoms with van der Waals surface area (Å²) in [6.07, 6.45) is 3.26. The molecule has 1 aromatic carbocycles. The predicted octanol–water partition coefficient (Wildman–Crippen LogP) is 3.75. The van der Waals surface area contributed by atoms with Crippen LogP contribution in [0.1, 0.15) is 24.8 Å². The van der Waals surface area contributed by atoms with Gasteiger partial charge in [-0.25, -0.2) is 0 Å². The first-order valence-corrected chi connectivity index (χ1v) is 5.11. The summed E-state index contributed by atoms with van der Waals surface area (Å²) in [5, 5.41) is 1.33. The predicted molar refractivity (Wildman–Crippen MR) is 63.4 cm³/mol. The fraction of sp³-hybridized carbons (Fsp3) is 0.400. The Balaban J connectivity index is 0.000000980. The number of rotatable bonds is 1. The molecule has 4 heteroatoms. The van der Waals surface area contributed by atoms with Gasteiger partial charge >= 0.3 is 0 Å². The first kappa shape index (κ1) is 12.1. The van der Waals surface area contributed by atoms with Crippen LogP contribution in [0.3, 0.4) is 0 Å². The zero-order valence-corrected chi connectivity index (χ0v) is 9.92. The molecule has 0 saturated heterocycles. The molecular weight excluding hydrogens is 240 g/mol. The molecule has 1 aromatic rings. The van der Waals surface area contributed by atoms with Gasteiger partial charge < -0.3 is 5.73 Å². The molecule has 2 rings (SSSR count). The highest BCUT2D eigenvalue weighted by atomic mass is 35.5. The molecule has 1 fully saturated rings. The third kappa shape index (κ3) is 2.17. The molecule has 14 heavy (non-hydrogen) atoms. The number of hydrogen-bond acceptors (Lipinski definition) is 1. The number of benzene rings is 1. The van der Waals surface area contributed by atoms with Gasteiger partial charge in [-0.15, -0.1) is 12.4 Å². The van der Waals surface area contributed by atoms with Gasteiger partial charge in [-0.1, -0.05) is 23.2 Å². The molecule has 2 N–H and O–H groups in total. The van der Waals surface area contributed by atoms with E-state index in [9.17, 15) is 0 Å². The number of hydrogen-bond donors (Lipinski definition) is 1. The summed E-state index contributed by atoms with van der Waals surface area (Å²) >= 11 is 11.8. The summed E-state index contributed by atoms with van der Waals surface area (Å²) in [4.78, 5) is 0. The van der Waals surface area contributed by atoms with Crippen molar-refractivity contribution in [3.8, 4) is 0 Å². The second-order valence-corrected chi connectivity index (χ2v) is 4.54. The molecule has 1 saturated carbocycles. The molecule has 1 nitrogen and oxygen atoms in total. The monoisotopic (exact) mass is 251 g/mol. The van der Waals surface area contributed by atoms with Crippen LogP contribution in [0.5, 0.6) is 0 Å². The molecule has 1 aliphatic rings. The number of halogens is 3. The molecule has 78 valence electrons. The van der Waals surface area contributed by atoms with Gasteiger partial charge in [-0.05, 0) is 43.0 Å². The Morgan fingerprint density at radius 3 is 1.93 bits per heavy atom. The van der Waals surface area contributed by atoms with Crippen molar-refractivity contribution in [1.29, 1.82) is 0 Å². The fourth-order valence-electron chi connectivity index (χ4n) is 1.69. The van der Waals surface area contributed by atoms with E-state index in [2.05, 4.69) is 0 Å². The molecule has 0 aliphatic heterocycles. The van der Waals surface area contributed by atoms with Gasteiger partial charge in [0.1, 0.15) is 0 Å². The van der Waals surface area contributed by atoms with Crippen molar-refractivity contribution in [3.05, 3.63) is 33.8 Å². The number of nitrogens with two attached hydrogens (primary N) is 1. The minimum atomic E-state index is -0.172. The molecule has 0 atom stereocenters. The van der Waals surface area contributed by atoms with Crippen molar-refractivity contribution >= 4 is 35.6 Å². The fourth-order valence-corrected chi connectivity index (χ4v) is 2.21. The van der Waals surface area contributed by atoms with Gasteiger partial charge in [0, 0.05) is 15.6 Å². The Labute approximate surface area is 100.0 Å². The van der Waals surface area contributed by atoms with Gasteiger partial charge in [-0.3, -0.25) is 0 Å². The minimum Gasteiger partial charge on any atom is -0.321 e. The van der Waals surface area contributed by atoms with Crippen LogP contribution in [0.25, 0.3) is 0 Å². The highest BCUT2D eigenvalue weighted by Crippen LogP contribution is 2.40. The van der Waals surface area contributed by atoms with Crippen LogP contribution in [0.15, 0.2) is 18.2 Å². The van der Waals surface area contributed by atoms with Crippen LogP contribution in [0.2, 0.25) is 10.0 Å². The van der Waals surface area contributed by atoms with E-state index >= 15 is 0 Å². The van der Waals surface area contributed by atoms with Gasteiger partial charge in [0.15, 0.2) is 0 Å². The van der Waals surface area contributed by atoms with Crippen LogP contribution in [0.4, 0.5) is 0 Å². The van der Waals surface area contributed by atoms with E-state index in [-0.39, 0.29) is 17.9 Å². The van der Waals surface area contributed by atoms with E-state index in [1.54, 1.807) is 6.07 Å². The zero-order chi connectivity index (χ0) is 9.47. The molecule has 0 spiro atoms. The van der Waals surface area contributed by atoms with E-state index in [0.717, 1.165) is 18.4 Å². The molecule has 0 heterocycles. The lowest BCUT2D eigenvalue weighted by molar-refractivity contribution is 0.253.